The summed E-state index contributed by atoms with van der Waals surface area (Å²) < 4.78 is 4.79. The van der Waals surface area contributed by atoms with E-state index < -0.39 is 0 Å². The van der Waals surface area contributed by atoms with E-state index in [1.807, 2.05) is 19.1 Å². The quantitative estimate of drug-likeness (QED) is 0.704. The molecule has 2 aromatic heterocycles. The zero-order valence-corrected chi connectivity index (χ0v) is 14.5. The van der Waals surface area contributed by atoms with Crippen molar-refractivity contribution in [2.24, 2.45) is 0 Å². The van der Waals surface area contributed by atoms with Crippen molar-refractivity contribution in [3.05, 3.63) is 57.8 Å². The Hall–Kier alpha value is -2.32. The van der Waals surface area contributed by atoms with E-state index in [9.17, 15) is 4.79 Å². The van der Waals surface area contributed by atoms with Gasteiger partial charge in [0.15, 0.2) is 0 Å². The molecule has 2 heterocycles. The normalized spacial score (nSPS) is 10.3. The van der Waals surface area contributed by atoms with E-state index in [0.717, 1.165) is 15.2 Å². The number of carbonyl (C=O) groups excluding carboxylic acids is 1. The molecule has 1 aromatic carbocycles. The van der Waals surface area contributed by atoms with Crippen molar-refractivity contribution in [2.45, 2.75) is 6.92 Å². The number of amides is 1. The Labute approximate surface area is 145 Å². The van der Waals surface area contributed by atoms with Gasteiger partial charge in [0.25, 0.3) is 5.91 Å². The first-order chi connectivity index (χ1) is 11.1. The first-order valence-electron chi connectivity index (χ1n) is 6.70. The number of anilines is 3. The van der Waals surface area contributed by atoms with Gasteiger partial charge in [-0.05, 0) is 58.7 Å². The number of aromatic nitrogens is 3. The Balaban J connectivity index is 1.77. The van der Waals surface area contributed by atoms with Crippen LogP contribution in [0.5, 0.6) is 0 Å². The van der Waals surface area contributed by atoms with Gasteiger partial charge in [-0.1, -0.05) is 6.07 Å². The Morgan fingerprint density at radius 1 is 1.30 bits per heavy atom. The number of hydrogen-bond acceptors (Lipinski definition) is 6. The van der Waals surface area contributed by atoms with Crippen LogP contribution in [0.15, 0.2) is 46.5 Å². The highest BCUT2D eigenvalue weighted by molar-refractivity contribution is 9.11. The summed E-state index contributed by atoms with van der Waals surface area (Å²) in [6.45, 7) is 1.89. The highest BCUT2D eigenvalue weighted by Gasteiger charge is 2.10. The molecule has 6 nitrogen and oxygen atoms in total. The number of hydrogen-bond donors (Lipinski definition) is 2. The molecule has 0 aliphatic heterocycles. The van der Waals surface area contributed by atoms with Crippen LogP contribution in [-0.4, -0.2) is 20.2 Å². The van der Waals surface area contributed by atoms with E-state index in [2.05, 4.69) is 40.9 Å². The third-order valence-corrected chi connectivity index (χ3v) is 4.40. The summed E-state index contributed by atoms with van der Waals surface area (Å²) in [6.07, 6.45) is 3.29. The predicted octanol–water partition coefficient (Wildman–Crippen LogP) is 4.00. The third kappa shape index (κ3) is 3.91. The maximum absolute atomic E-state index is 12.3. The second-order valence-corrected chi connectivity index (χ2v) is 6.81. The topological polar surface area (TPSA) is 79.8 Å². The van der Waals surface area contributed by atoms with Crippen LogP contribution in [0.2, 0.25) is 0 Å². The van der Waals surface area contributed by atoms with Gasteiger partial charge in [0, 0.05) is 23.1 Å². The molecule has 0 aliphatic rings. The van der Waals surface area contributed by atoms with Gasteiger partial charge < -0.3 is 10.6 Å². The number of nitrogens with one attached hydrogen (secondary N) is 2. The molecule has 116 valence electrons. The molecule has 2 N–H and O–H groups in total. The van der Waals surface area contributed by atoms with E-state index >= 15 is 0 Å². The molecule has 3 rings (SSSR count). The van der Waals surface area contributed by atoms with E-state index in [4.69, 9.17) is 0 Å². The standard InChI is InChI=1S/C15H12BrN5OS/c1-9-5-6-17-15(19-9)20-11-4-2-3-10(7-11)14(22)21-12-8-18-23-13(12)16/h2-8H,1H3,(H,21,22)(H,17,19,20). The Morgan fingerprint density at radius 3 is 2.91 bits per heavy atom. The summed E-state index contributed by atoms with van der Waals surface area (Å²) in [4.78, 5) is 20.7. The van der Waals surface area contributed by atoms with Gasteiger partial charge in [0.05, 0.1) is 11.9 Å². The molecular weight excluding hydrogens is 378 g/mol. The molecule has 0 saturated carbocycles. The van der Waals surface area contributed by atoms with Gasteiger partial charge in [-0.15, -0.1) is 0 Å². The highest BCUT2D eigenvalue weighted by Crippen LogP contribution is 2.26. The maximum Gasteiger partial charge on any atom is 0.255 e. The van der Waals surface area contributed by atoms with E-state index in [0.29, 0.717) is 17.2 Å². The monoisotopic (exact) mass is 389 g/mol. The SMILES string of the molecule is Cc1ccnc(Nc2cccc(C(=O)Nc3cnsc3Br)c2)n1. The van der Waals surface area contributed by atoms with Crippen molar-refractivity contribution in [3.8, 4) is 0 Å². The lowest BCUT2D eigenvalue weighted by molar-refractivity contribution is 0.102. The maximum atomic E-state index is 12.3. The van der Waals surface area contributed by atoms with Gasteiger partial charge in [-0.25, -0.2) is 9.97 Å². The number of halogens is 1. The van der Waals surface area contributed by atoms with E-state index in [-0.39, 0.29) is 5.91 Å². The number of carbonyl (C=O) groups is 1. The second-order valence-electron chi connectivity index (χ2n) is 4.69. The molecule has 8 heteroatoms. The summed E-state index contributed by atoms with van der Waals surface area (Å²) in [5.41, 5.74) is 2.79. The first kappa shape index (κ1) is 15.6. The molecule has 0 spiro atoms. The van der Waals surface area contributed by atoms with Crippen LogP contribution < -0.4 is 10.6 Å². The molecule has 0 radical (unpaired) electrons. The molecule has 0 bridgehead atoms. The van der Waals surface area contributed by atoms with Crippen molar-refractivity contribution in [1.82, 2.24) is 14.3 Å². The largest absolute Gasteiger partial charge is 0.324 e. The lowest BCUT2D eigenvalue weighted by atomic mass is 10.2. The van der Waals surface area contributed by atoms with Crippen molar-refractivity contribution in [1.29, 1.82) is 0 Å². The molecule has 1 amide bonds. The minimum Gasteiger partial charge on any atom is -0.324 e. The minimum absolute atomic E-state index is 0.209. The van der Waals surface area contributed by atoms with Crippen LogP contribution in [0.25, 0.3) is 0 Å². The number of aryl methyl sites for hydroxylation is 1. The van der Waals surface area contributed by atoms with Crippen LogP contribution in [0.3, 0.4) is 0 Å². The van der Waals surface area contributed by atoms with Crippen LogP contribution in [0.4, 0.5) is 17.3 Å². The van der Waals surface area contributed by atoms with Crippen LogP contribution in [-0.2, 0) is 0 Å². The zero-order chi connectivity index (χ0) is 16.2. The highest BCUT2D eigenvalue weighted by atomic mass is 79.9. The van der Waals surface area contributed by atoms with Crippen LogP contribution in [0, 0.1) is 6.92 Å². The summed E-state index contributed by atoms with van der Waals surface area (Å²) in [7, 11) is 0. The zero-order valence-electron chi connectivity index (χ0n) is 12.1. The lowest BCUT2D eigenvalue weighted by Gasteiger charge is -2.08. The minimum atomic E-state index is -0.209. The fourth-order valence-electron chi connectivity index (χ4n) is 1.88. The molecule has 0 unspecified atom stereocenters. The average molecular weight is 390 g/mol. The second kappa shape index (κ2) is 6.84. The fourth-order valence-corrected chi connectivity index (χ4v) is 2.78. The van der Waals surface area contributed by atoms with Gasteiger partial charge in [0.1, 0.15) is 3.79 Å². The van der Waals surface area contributed by atoms with Crippen molar-refractivity contribution in [3.63, 3.8) is 0 Å². The summed E-state index contributed by atoms with van der Waals surface area (Å²) in [6, 6.07) is 8.96. The Bertz CT molecular complexity index is 851. The van der Waals surface area contributed by atoms with Crippen molar-refractivity contribution in [2.75, 3.05) is 10.6 Å². The predicted molar refractivity (Wildman–Crippen MR) is 94.3 cm³/mol. The fraction of sp³-hybridized carbons (Fsp3) is 0.0667. The smallest absolute Gasteiger partial charge is 0.255 e. The molecular formula is C15H12BrN5OS. The summed E-state index contributed by atoms with van der Waals surface area (Å²) in [5, 5.41) is 5.90. The molecule has 23 heavy (non-hydrogen) atoms. The lowest BCUT2D eigenvalue weighted by Crippen LogP contribution is -2.12. The summed E-state index contributed by atoms with van der Waals surface area (Å²) in [5.74, 6) is 0.284. The van der Waals surface area contributed by atoms with Gasteiger partial charge in [0.2, 0.25) is 5.95 Å². The van der Waals surface area contributed by atoms with Gasteiger partial charge in [-0.2, -0.15) is 4.37 Å². The molecule has 0 atom stereocenters. The molecule has 0 saturated heterocycles. The third-order valence-electron chi connectivity index (χ3n) is 2.95. The molecule has 3 aromatic rings. The number of rotatable bonds is 4. The van der Waals surface area contributed by atoms with E-state index in [1.165, 1.54) is 11.5 Å². The van der Waals surface area contributed by atoms with Crippen LogP contribution in [0.1, 0.15) is 16.1 Å². The molecule has 0 fully saturated rings. The average Bonchev–Trinajstić information content (AvgIpc) is 2.93. The van der Waals surface area contributed by atoms with Crippen molar-refractivity contribution >= 4 is 50.7 Å². The van der Waals surface area contributed by atoms with Crippen LogP contribution >= 0.6 is 27.5 Å². The van der Waals surface area contributed by atoms with E-state index in [1.54, 1.807) is 30.6 Å². The summed E-state index contributed by atoms with van der Waals surface area (Å²) >= 11 is 4.62. The van der Waals surface area contributed by atoms with Crippen molar-refractivity contribution < 1.29 is 4.79 Å². The Kier molecular flexibility index (Phi) is 4.63. The number of benzene rings is 1. The molecule has 0 aliphatic carbocycles. The Morgan fingerprint density at radius 2 is 2.17 bits per heavy atom. The number of nitrogens with zero attached hydrogens (tertiary/aromatic N) is 3. The van der Waals surface area contributed by atoms with Gasteiger partial charge in [-0.3, -0.25) is 4.79 Å². The van der Waals surface area contributed by atoms with Gasteiger partial charge >= 0.3 is 0 Å². The first-order valence-corrected chi connectivity index (χ1v) is 8.27.